The van der Waals surface area contributed by atoms with Crippen LogP contribution in [0.15, 0.2) is 29.0 Å². The molecule has 0 aliphatic heterocycles. The van der Waals surface area contributed by atoms with Gasteiger partial charge < -0.3 is 31.5 Å². The molecular formula is C27H35N3O7. The number of aromatic hydroxyl groups is 1. The first kappa shape index (κ1) is 26.8. The van der Waals surface area contributed by atoms with Crippen LogP contribution in [0.2, 0.25) is 0 Å². The molecular weight excluding hydrogens is 478 g/mol. The van der Waals surface area contributed by atoms with Crippen molar-refractivity contribution < 1.29 is 34.8 Å². The Hall–Kier alpha value is -3.21. The third kappa shape index (κ3) is 4.03. The first-order valence-corrected chi connectivity index (χ1v) is 12.5. The van der Waals surface area contributed by atoms with E-state index in [4.69, 9.17) is 5.73 Å². The van der Waals surface area contributed by atoms with E-state index in [1.54, 1.807) is 20.2 Å². The number of phenols is 1. The highest BCUT2D eigenvalue weighted by Gasteiger charge is 2.64. The van der Waals surface area contributed by atoms with Gasteiger partial charge in [0, 0.05) is 18.0 Å². The number of phenolic OH excluding ortho intramolecular Hbond substituents is 1. The van der Waals surface area contributed by atoms with E-state index in [2.05, 4.69) is 19.2 Å². The van der Waals surface area contributed by atoms with Crippen LogP contribution in [0.5, 0.6) is 5.75 Å². The molecule has 1 aromatic rings. The van der Waals surface area contributed by atoms with Crippen LogP contribution in [0, 0.1) is 17.8 Å². The van der Waals surface area contributed by atoms with Crippen LogP contribution in [-0.4, -0.2) is 75.1 Å². The molecule has 37 heavy (non-hydrogen) atoms. The third-order valence-corrected chi connectivity index (χ3v) is 8.21. The number of primary amides is 1. The molecule has 0 spiro atoms. The van der Waals surface area contributed by atoms with Gasteiger partial charge in [-0.25, -0.2) is 0 Å². The number of rotatable bonds is 7. The highest BCUT2D eigenvalue weighted by Crippen LogP contribution is 2.52. The lowest BCUT2D eigenvalue weighted by Gasteiger charge is -2.50. The molecule has 0 heterocycles. The fraction of sp³-hybridized carbons (Fsp3) is 0.519. The average molecular weight is 514 g/mol. The van der Waals surface area contributed by atoms with Crippen LogP contribution in [0.3, 0.4) is 0 Å². The van der Waals surface area contributed by atoms with Crippen LogP contribution in [0.4, 0.5) is 0 Å². The monoisotopic (exact) mass is 513 g/mol. The highest BCUT2D eigenvalue weighted by molar-refractivity contribution is 6.24. The van der Waals surface area contributed by atoms with Gasteiger partial charge in [0.25, 0.3) is 5.91 Å². The Morgan fingerprint density at radius 1 is 1.24 bits per heavy atom. The highest BCUT2D eigenvalue weighted by atomic mass is 16.3. The summed E-state index contributed by atoms with van der Waals surface area (Å²) in [5.41, 5.74) is 3.40. The number of nitrogens with one attached hydrogen (secondary N) is 1. The summed E-state index contributed by atoms with van der Waals surface area (Å²) < 4.78 is 0. The van der Waals surface area contributed by atoms with E-state index in [0.717, 1.165) is 18.5 Å². The Labute approximate surface area is 215 Å². The molecule has 0 saturated heterocycles. The number of benzene rings is 1. The maximum atomic E-state index is 13.8. The van der Waals surface area contributed by atoms with E-state index in [0.29, 0.717) is 18.0 Å². The number of aliphatic hydroxyl groups excluding tert-OH is 2. The van der Waals surface area contributed by atoms with Crippen LogP contribution in [0.1, 0.15) is 43.4 Å². The van der Waals surface area contributed by atoms with E-state index in [1.165, 1.54) is 11.0 Å². The molecule has 1 unspecified atom stereocenters. The molecule has 1 saturated carbocycles. The predicted molar refractivity (Wildman–Crippen MR) is 135 cm³/mol. The standard InChI is InChI=1S/C27H35N3O7/c1-5-12(2)10-29-11-13-6-7-17(31)19-15(13)8-14-9-16-21(30(3)4)23(33)20(26(28)36)25(35)27(16,37)24(34)18(14)22(19)32/h6-7,12,14,16,21,29,31-32,35,37H,5,8-11H2,1-4H3,(H2,28,36)/t12?,14-,16-,21-,27-/m0/s1. The predicted octanol–water partition coefficient (Wildman–Crippen LogP) is 1.10. The summed E-state index contributed by atoms with van der Waals surface area (Å²) in [6, 6.07) is 2.13. The number of Topliss-reactive ketones (excluding diaryl/α,β-unsaturated/α-hetero) is 2. The molecule has 0 bridgehead atoms. The van der Waals surface area contributed by atoms with E-state index < -0.39 is 58.0 Å². The fourth-order valence-electron chi connectivity index (χ4n) is 6.07. The Kier molecular flexibility index (Phi) is 6.96. The number of carbonyl (C=O) groups excluding carboxylic acids is 3. The summed E-state index contributed by atoms with van der Waals surface area (Å²) in [5, 5.41) is 47.8. The van der Waals surface area contributed by atoms with E-state index in [1.807, 2.05) is 0 Å². The summed E-state index contributed by atoms with van der Waals surface area (Å²) in [5.74, 6) is -6.00. The van der Waals surface area contributed by atoms with E-state index >= 15 is 0 Å². The molecule has 10 nitrogen and oxygen atoms in total. The number of aliphatic hydroxyl groups is 3. The van der Waals surface area contributed by atoms with E-state index in [-0.39, 0.29) is 29.7 Å². The molecule has 10 heteroatoms. The number of nitrogens with two attached hydrogens (primary N) is 1. The molecule has 1 amide bonds. The zero-order chi connectivity index (χ0) is 27.4. The van der Waals surface area contributed by atoms with Crippen molar-refractivity contribution in [2.75, 3.05) is 20.6 Å². The molecule has 4 rings (SSSR count). The van der Waals surface area contributed by atoms with Gasteiger partial charge in [0.1, 0.15) is 22.8 Å². The number of amides is 1. The largest absolute Gasteiger partial charge is 0.508 e. The smallest absolute Gasteiger partial charge is 0.255 e. The number of ketones is 2. The maximum absolute atomic E-state index is 13.8. The lowest BCUT2D eigenvalue weighted by atomic mass is 9.57. The van der Waals surface area contributed by atoms with Crippen molar-refractivity contribution in [1.82, 2.24) is 10.2 Å². The number of carbonyl (C=O) groups is 3. The summed E-state index contributed by atoms with van der Waals surface area (Å²) in [7, 11) is 3.15. The minimum absolute atomic E-state index is 0.0706. The molecule has 7 N–H and O–H groups in total. The van der Waals surface area contributed by atoms with Crippen molar-refractivity contribution in [2.24, 2.45) is 23.5 Å². The number of likely N-dealkylation sites (N-methyl/N-ethyl adjacent to an activating group) is 1. The zero-order valence-electron chi connectivity index (χ0n) is 21.5. The molecule has 3 aliphatic carbocycles. The average Bonchev–Trinajstić information content (AvgIpc) is 2.82. The van der Waals surface area contributed by atoms with E-state index in [9.17, 15) is 34.8 Å². The van der Waals surface area contributed by atoms with Crippen molar-refractivity contribution in [1.29, 1.82) is 0 Å². The Morgan fingerprint density at radius 2 is 1.92 bits per heavy atom. The van der Waals surface area contributed by atoms with Gasteiger partial charge >= 0.3 is 0 Å². The fourth-order valence-corrected chi connectivity index (χ4v) is 6.07. The second kappa shape index (κ2) is 9.59. The van der Waals surface area contributed by atoms with Gasteiger partial charge in [0.15, 0.2) is 11.4 Å². The summed E-state index contributed by atoms with van der Waals surface area (Å²) >= 11 is 0. The second-order valence-electron chi connectivity index (χ2n) is 10.7. The lowest BCUT2D eigenvalue weighted by molar-refractivity contribution is -0.153. The first-order valence-electron chi connectivity index (χ1n) is 12.5. The van der Waals surface area contributed by atoms with Crippen LogP contribution < -0.4 is 11.1 Å². The van der Waals surface area contributed by atoms with Crippen LogP contribution in [0.25, 0.3) is 5.76 Å². The first-order chi connectivity index (χ1) is 17.4. The molecule has 0 radical (unpaired) electrons. The van der Waals surface area contributed by atoms with Gasteiger partial charge in [0.2, 0.25) is 5.78 Å². The van der Waals surface area contributed by atoms with Crippen molar-refractivity contribution >= 4 is 23.2 Å². The van der Waals surface area contributed by atoms with Crippen molar-refractivity contribution in [3.05, 3.63) is 45.7 Å². The normalized spacial score (nSPS) is 28.2. The minimum atomic E-state index is -2.63. The van der Waals surface area contributed by atoms with Gasteiger partial charge in [-0.3, -0.25) is 19.3 Å². The summed E-state index contributed by atoms with van der Waals surface area (Å²) in [4.78, 5) is 40.5. The topological polar surface area (TPSA) is 173 Å². The van der Waals surface area contributed by atoms with Crippen molar-refractivity contribution in [3.8, 4) is 5.75 Å². The number of hydrogen-bond donors (Lipinski definition) is 6. The summed E-state index contributed by atoms with van der Waals surface area (Å²) in [6.07, 6.45) is 1.37. The Morgan fingerprint density at radius 3 is 2.51 bits per heavy atom. The van der Waals surface area contributed by atoms with Gasteiger partial charge in [-0.1, -0.05) is 26.3 Å². The molecule has 1 aromatic carbocycles. The van der Waals surface area contributed by atoms with Gasteiger partial charge in [-0.2, -0.15) is 0 Å². The van der Waals surface area contributed by atoms with Crippen LogP contribution >= 0.6 is 0 Å². The third-order valence-electron chi connectivity index (χ3n) is 8.21. The van der Waals surface area contributed by atoms with Gasteiger partial charge in [-0.15, -0.1) is 0 Å². The molecule has 0 aromatic heterocycles. The minimum Gasteiger partial charge on any atom is -0.508 e. The zero-order valence-corrected chi connectivity index (χ0v) is 21.5. The number of nitrogens with zero attached hydrogens (tertiary/aromatic N) is 1. The van der Waals surface area contributed by atoms with Crippen LogP contribution in [-0.2, 0) is 27.3 Å². The molecule has 5 atom stereocenters. The molecule has 200 valence electrons. The second-order valence-corrected chi connectivity index (χ2v) is 10.7. The van der Waals surface area contributed by atoms with Crippen molar-refractivity contribution in [3.63, 3.8) is 0 Å². The number of fused-ring (bicyclic) bond motifs is 3. The van der Waals surface area contributed by atoms with Crippen molar-refractivity contribution in [2.45, 2.75) is 51.3 Å². The molecule has 3 aliphatic rings. The lowest BCUT2D eigenvalue weighted by Crippen LogP contribution is -2.65. The Bertz CT molecular complexity index is 1230. The quantitative estimate of drug-likeness (QED) is 0.292. The molecule has 1 fully saturated rings. The maximum Gasteiger partial charge on any atom is 0.255 e. The Balaban J connectivity index is 1.84. The van der Waals surface area contributed by atoms with Gasteiger partial charge in [0.05, 0.1) is 11.6 Å². The summed E-state index contributed by atoms with van der Waals surface area (Å²) in [6.45, 7) is 5.52. The van der Waals surface area contributed by atoms with Gasteiger partial charge in [-0.05, 0) is 62.5 Å². The number of hydrogen-bond acceptors (Lipinski definition) is 9. The SMILES string of the molecule is CCC(C)CNCc1ccc(O)c2c1C[C@H]1C[C@H]3[C@H](N(C)C)C(=O)C(C(N)=O)=C(O)[C@@]3(O)C(=O)C1=C2O.